The lowest BCUT2D eigenvalue weighted by Crippen LogP contribution is -2.26. The summed E-state index contributed by atoms with van der Waals surface area (Å²) < 4.78 is 0. The molecule has 0 bridgehead atoms. The van der Waals surface area contributed by atoms with E-state index in [4.69, 9.17) is 0 Å². The van der Waals surface area contributed by atoms with Gasteiger partial charge in [-0.25, -0.2) is 0 Å². The maximum Gasteiger partial charge on any atom is 0.0555 e. The molecule has 1 aliphatic rings. The minimum Gasteiger partial charge on any atom is -0.393 e. The van der Waals surface area contributed by atoms with E-state index in [2.05, 4.69) is 10.3 Å². The van der Waals surface area contributed by atoms with Crippen LogP contribution < -0.4 is 5.32 Å². The van der Waals surface area contributed by atoms with Gasteiger partial charge in [0.05, 0.1) is 6.10 Å². The number of pyridine rings is 1. The SMILES string of the molecule is O[C@@H]1CC[C@H](NCc2ccncc2)C1. The second-order valence-electron chi connectivity index (χ2n) is 3.90. The van der Waals surface area contributed by atoms with E-state index >= 15 is 0 Å². The van der Waals surface area contributed by atoms with Crippen LogP contribution in [0.3, 0.4) is 0 Å². The van der Waals surface area contributed by atoms with E-state index in [1.807, 2.05) is 12.1 Å². The van der Waals surface area contributed by atoms with Gasteiger partial charge in [0.15, 0.2) is 0 Å². The Labute approximate surface area is 84.2 Å². The summed E-state index contributed by atoms with van der Waals surface area (Å²) in [6, 6.07) is 4.51. The number of hydrogen-bond acceptors (Lipinski definition) is 3. The standard InChI is InChI=1S/C11H16N2O/c14-11-2-1-10(7-11)13-8-9-3-5-12-6-4-9/h3-6,10-11,13-14H,1-2,7-8H2/t10-,11+/m0/s1. The van der Waals surface area contributed by atoms with Crippen LogP contribution in [-0.2, 0) is 6.54 Å². The predicted octanol–water partition coefficient (Wildman–Crippen LogP) is 1.08. The van der Waals surface area contributed by atoms with Crippen molar-refractivity contribution in [1.29, 1.82) is 0 Å². The first-order valence-electron chi connectivity index (χ1n) is 5.15. The molecular weight excluding hydrogens is 176 g/mol. The van der Waals surface area contributed by atoms with Crippen LogP contribution in [0.2, 0.25) is 0 Å². The van der Waals surface area contributed by atoms with Gasteiger partial charge in [-0.2, -0.15) is 0 Å². The van der Waals surface area contributed by atoms with Crippen molar-refractivity contribution in [3.8, 4) is 0 Å². The van der Waals surface area contributed by atoms with Gasteiger partial charge < -0.3 is 10.4 Å². The van der Waals surface area contributed by atoms with Crippen LogP contribution in [0.4, 0.5) is 0 Å². The first-order chi connectivity index (χ1) is 6.84. The van der Waals surface area contributed by atoms with Crippen molar-refractivity contribution in [2.45, 2.75) is 38.0 Å². The smallest absolute Gasteiger partial charge is 0.0555 e. The molecule has 0 amide bonds. The van der Waals surface area contributed by atoms with Crippen molar-refractivity contribution in [2.75, 3.05) is 0 Å². The molecule has 1 aromatic heterocycles. The minimum atomic E-state index is -0.0926. The minimum absolute atomic E-state index is 0.0926. The molecule has 0 unspecified atom stereocenters. The lowest BCUT2D eigenvalue weighted by atomic mass is 10.2. The van der Waals surface area contributed by atoms with Crippen molar-refractivity contribution in [2.24, 2.45) is 0 Å². The summed E-state index contributed by atoms with van der Waals surface area (Å²) in [5.41, 5.74) is 1.25. The molecule has 0 aromatic carbocycles. The molecule has 14 heavy (non-hydrogen) atoms. The maximum atomic E-state index is 9.35. The van der Waals surface area contributed by atoms with Crippen LogP contribution >= 0.6 is 0 Å². The monoisotopic (exact) mass is 192 g/mol. The normalized spacial score (nSPS) is 26.6. The summed E-state index contributed by atoms with van der Waals surface area (Å²) >= 11 is 0. The first kappa shape index (κ1) is 9.62. The van der Waals surface area contributed by atoms with E-state index in [0.717, 1.165) is 25.8 Å². The Morgan fingerprint density at radius 3 is 2.79 bits per heavy atom. The Balaban J connectivity index is 1.78. The van der Waals surface area contributed by atoms with Gasteiger partial charge in [-0.1, -0.05) is 0 Å². The molecule has 2 rings (SSSR count). The molecule has 76 valence electrons. The molecule has 1 fully saturated rings. The number of aliphatic hydroxyl groups excluding tert-OH is 1. The Morgan fingerprint density at radius 1 is 1.36 bits per heavy atom. The molecule has 3 nitrogen and oxygen atoms in total. The van der Waals surface area contributed by atoms with E-state index in [0.29, 0.717) is 6.04 Å². The zero-order chi connectivity index (χ0) is 9.80. The fraction of sp³-hybridized carbons (Fsp3) is 0.545. The first-order valence-corrected chi connectivity index (χ1v) is 5.15. The zero-order valence-electron chi connectivity index (χ0n) is 8.19. The van der Waals surface area contributed by atoms with Crippen molar-refractivity contribution in [3.05, 3.63) is 30.1 Å². The van der Waals surface area contributed by atoms with Gasteiger partial charge in [0, 0.05) is 25.0 Å². The number of aliphatic hydroxyl groups is 1. The average molecular weight is 192 g/mol. The van der Waals surface area contributed by atoms with Gasteiger partial charge >= 0.3 is 0 Å². The van der Waals surface area contributed by atoms with Crippen molar-refractivity contribution < 1.29 is 5.11 Å². The summed E-state index contributed by atoms with van der Waals surface area (Å²) in [5, 5.41) is 12.8. The van der Waals surface area contributed by atoms with Gasteiger partial charge in [-0.05, 0) is 37.0 Å². The van der Waals surface area contributed by atoms with E-state index in [1.54, 1.807) is 12.4 Å². The predicted molar refractivity (Wildman–Crippen MR) is 54.7 cm³/mol. The molecule has 0 spiro atoms. The molecule has 1 saturated carbocycles. The van der Waals surface area contributed by atoms with E-state index in [-0.39, 0.29) is 6.10 Å². The molecule has 2 N–H and O–H groups in total. The third kappa shape index (κ3) is 2.53. The Hall–Kier alpha value is -0.930. The van der Waals surface area contributed by atoms with Crippen LogP contribution in [0.5, 0.6) is 0 Å². The van der Waals surface area contributed by atoms with Crippen LogP contribution in [-0.4, -0.2) is 22.2 Å². The molecule has 0 saturated heterocycles. The molecular formula is C11H16N2O. The van der Waals surface area contributed by atoms with Crippen molar-refractivity contribution in [1.82, 2.24) is 10.3 Å². The summed E-state index contributed by atoms with van der Waals surface area (Å²) in [4.78, 5) is 3.97. The van der Waals surface area contributed by atoms with Gasteiger partial charge in [-0.15, -0.1) is 0 Å². The molecule has 0 radical (unpaired) electrons. The lowest BCUT2D eigenvalue weighted by molar-refractivity contribution is 0.179. The van der Waals surface area contributed by atoms with Gasteiger partial charge in [0.25, 0.3) is 0 Å². The summed E-state index contributed by atoms with van der Waals surface area (Å²) in [6.07, 6.45) is 6.44. The Kier molecular flexibility index (Phi) is 3.11. The second kappa shape index (κ2) is 4.53. The molecule has 1 aromatic rings. The highest BCUT2D eigenvalue weighted by atomic mass is 16.3. The summed E-state index contributed by atoms with van der Waals surface area (Å²) in [7, 11) is 0. The van der Waals surface area contributed by atoms with E-state index in [1.165, 1.54) is 5.56 Å². The lowest BCUT2D eigenvalue weighted by Gasteiger charge is -2.11. The van der Waals surface area contributed by atoms with Gasteiger partial charge in [0.2, 0.25) is 0 Å². The Bertz CT molecular complexity index is 276. The number of nitrogens with zero attached hydrogens (tertiary/aromatic N) is 1. The Morgan fingerprint density at radius 2 is 2.14 bits per heavy atom. The van der Waals surface area contributed by atoms with Gasteiger partial charge in [-0.3, -0.25) is 4.98 Å². The third-order valence-electron chi connectivity index (χ3n) is 2.75. The number of aromatic nitrogens is 1. The fourth-order valence-corrected chi connectivity index (χ4v) is 1.91. The molecule has 2 atom stereocenters. The molecule has 1 heterocycles. The van der Waals surface area contributed by atoms with Gasteiger partial charge in [0.1, 0.15) is 0 Å². The van der Waals surface area contributed by atoms with Crippen LogP contribution in [0.15, 0.2) is 24.5 Å². The van der Waals surface area contributed by atoms with E-state index < -0.39 is 0 Å². The number of hydrogen-bond donors (Lipinski definition) is 2. The zero-order valence-corrected chi connectivity index (χ0v) is 8.19. The van der Waals surface area contributed by atoms with Crippen LogP contribution in [0, 0.1) is 0 Å². The number of rotatable bonds is 3. The van der Waals surface area contributed by atoms with Crippen LogP contribution in [0.1, 0.15) is 24.8 Å². The largest absolute Gasteiger partial charge is 0.393 e. The second-order valence-corrected chi connectivity index (χ2v) is 3.90. The van der Waals surface area contributed by atoms with Crippen LogP contribution in [0.25, 0.3) is 0 Å². The molecule has 1 aliphatic carbocycles. The van der Waals surface area contributed by atoms with Crippen molar-refractivity contribution in [3.63, 3.8) is 0 Å². The quantitative estimate of drug-likeness (QED) is 0.753. The summed E-state index contributed by atoms with van der Waals surface area (Å²) in [5.74, 6) is 0. The highest BCUT2D eigenvalue weighted by Crippen LogP contribution is 2.18. The number of nitrogens with one attached hydrogen (secondary N) is 1. The fourth-order valence-electron chi connectivity index (χ4n) is 1.91. The van der Waals surface area contributed by atoms with E-state index in [9.17, 15) is 5.11 Å². The maximum absolute atomic E-state index is 9.35. The topological polar surface area (TPSA) is 45.1 Å². The highest BCUT2D eigenvalue weighted by molar-refractivity contribution is 5.09. The summed E-state index contributed by atoms with van der Waals surface area (Å²) in [6.45, 7) is 0.875. The third-order valence-corrected chi connectivity index (χ3v) is 2.75. The molecule has 3 heteroatoms. The highest BCUT2D eigenvalue weighted by Gasteiger charge is 2.21. The average Bonchev–Trinajstić information content (AvgIpc) is 2.63. The van der Waals surface area contributed by atoms with Crippen molar-refractivity contribution >= 4 is 0 Å². The molecule has 0 aliphatic heterocycles.